The van der Waals surface area contributed by atoms with Crippen molar-refractivity contribution in [2.24, 2.45) is 0 Å². The zero-order valence-electron chi connectivity index (χ0n) is 34.1. The van der Waals surface area contributed by atoms with Crippen LogP contribution in [-0.2, 0) is 0 Å². The Bertz CT molecular complexity index is 3180. The van der Waals surface area contributed by atoms with E-state index in [9.17, 15) is 0 Å². The zero-order valence-corrected chi connectivity index (χ0v) is 34.1. The van der Waals surface area contributed by atoms with Crippen molar-refractivity contribution >= 4 is 38.7 Å². The van der Waals surface area contributed by atoms with Gasteiger partial charge >= 0.3 is 0 Å². The maximum absolute atomic E-state index is 2.48. The molecule has 2 nitrogen and oxygen atoms in total. The quantitative estimate of drug-likeness (QED) is 0.141. The second-order valence-corrected chi connectivity index (χ2v) is 15.7. The Morgan fingerprint density at radius 1 is 0.258 bits per heavy atom. The summed E-state index contributed by atoms with van der Waals surface area (Å²) >= 11 is 0. The van der Waals surface area contributed by atoms with E-state index in [4.69, 9.17) is 0 Å². The highest BCUT2D eigenvalue weighted by atomic mass is 15.1. The number of fused-ring (bicyclic) bond motifs is 3. The summed E-state index contributed by atoms with van der Waals surface area (Å²) in [6.45, 7) is 0. The van der Waals surface area contributed by atoms with Gasteiger partial charge in [-0.3, -0.25) is 0 Å². The Balaban J connectivity index is 1.05. The molecule has 0 aliphatic carbocycles. The Morgan fingerprint density at radius 3 is 1.16 bits per heavy atom. The Kier molecular flexibility index (Phi) is 9.57. The number of hydrogen-bond donors (Lipinski definition) is 0. The fraction of sp³-hybridized carbons (Fsp3) is 0. The van der Waals surface area contributed by atoms with Crippen LogP contribution in [0, 0.1) is 0 Å². The summed E-state index contributed by atoms with van der Waals surface area (Å²) in [5, 5.41) is 3.66. The molecule has 292 valence electrons. The van der Waals surface area contributed by atoms with Crippen molar-refractivity contribution in [3.05, 3.63) is 255 Å². The second-order valence-electron chi connectivity index (χ2n) is 15.7. The first kappa shape index (κ1) is 36.8. The van der Waals surface area contributed by atoms with Crippen molar-refractivity contribution in [3.63, 3.8) is 0 Å². The summed E-state index contributed by atoms with van der Waals surface area (Å²) in [6.07, 6.45) is 0. The Morgan fingerprint density at radius 2 is 0.661 bits per heavy atom. The average molecular weight is 791 g/mol. The summed E-state index contributed by atoms with van der Waals surface area (Å²) in [6, 6.07) is 91.9. The fourth-order valence-corrected chi connectivity index (χ4v) is 9.09. The maximum atomic E-state index is 2.48. The molecule has 10 aromatic carbocycles. The molecule has 0 aliphatic rings. The zero-order chi connectivity index (χ0) is 41.2. The fourth-order valence-electron chi connectivity index (χ4n) is 9.09. The molecule has 0 bridgehead atoms. The number of anilines is 3. The summed E-state index contributed by atoms with van der Waals surface area (Å²) in [5.41, 5.74) is 17.6. The lowest BCUT2D eigenvalue weighted by Crippen LogP contribution is -2.09. The normalized spacial score (nSPS) is 11.2. The molecule has 2 heteroatoms. The van der Waals surface area contributed by atoms with Gasteiger partial charge in [-0.05, 0) is 98.4 Å². The van der Waals surface area contributed by atoms with Gasteiger partial charge in [0.15, 0.2) is 0 Å². The second kappa shape index (κ2) is 16.1. The number of nitrogens with zero attached hydrogens (tertiary/aromatic N) is 2. The van der Waals surface area contributed by atoms with Crippen molar-refractivity contribution in [1.82, 2.24) is 4.57 Å². The van der Waals surface area contributed by atoms with E-state index in [1.165, 1.54) is 77.4 Å². The van der Waals surface area contributed by atoms with Gasteiger partial charge in [-0.1, -0.05) is 206 Å². The van der Waals surface area contributed by atoms with Crippen LogP contribution in [0.4, 0.5) is 17.1 Å². The van der Waals surface area contributed by atoms with Gasteiger partial charge in [-0.15, -0.1) is 0 Å². The molecule has 0 fully saturated rings. The summed E-state index contributed by atoms with van der Waals surface area (Å²) in [5.74, 6) is 0. The molecule has 11 rings (SSSR count). The molecule has 0 spiro atoms. The minimum Gasteiger partial charge on any atom is -0.311 e. The molecular formula is C60H42N2. The molecule has 0 radical (unpaired) electrons. The van der Waals surface area contributed by atoms with Crippen molar-refractivity contribution in [1.29, 1.82) is 0 Å². The van der Waals surface area contributed by atoms with E-state index >= 15 is 0 Å². The molecule has 62 heavy (non-hydrogen) atoms. The van der Waals surface area contributed by atoms with Gasteiger partial charge in [0.1, 0.15) is 0 Å². The van der Waals surface area contributed by atoms with Crippen molar-refractivity contribution < 1.29 is 0 Å². The van der Waals surface area contributed by atoms with Gasteiger partial charge in [-0.25, -0.2) is 0 Å². The third-order valence-corrected chi connectivity index (χ3v) is 12.0. The molecule has 1 heterocycles. The van der Waals surface area contributed by atoms with Gasteiger partial charge in [0.25, 0.3) is 0 Å². The van der Waals surface area contributed by atoms with Crippen LogP contribution >= 0.6 is 0 Å². The van der Waals surface area contributed by atoms with Crippen molar-refractivity contribution in [3.8, 4) is 61.5 Å². The van der Waals surface area contributed by atoms with Gasteiger partial charge in [0, 0.05) is 39.1 Å². The predicted molar refractivity (Wildman–Crippen MR) is 263 cm³/mol. The van der Waals surface area contributed by atoms with Crippen LogP contribution in [-0.4, -0.2) is 4.57 Å². The lowest BCUT2D eigenvalue weighted by molar-refractivity contribution is 1.14. The number of benzene rings is 10. The molecule has 0 amide bonds. The average Bonchev–Trinajstić information content (AvgIpc) is 3.72. The first-order valence-electron chi connectivity index (χ1n) is 21.3. The van der Waals surface area contributed by atoms with Gasteiger partial charge in [-0.2, -0.15) is 0 Å². The van der Waals surface area contributed by atoms with Crippen LogP contribution in [0.5, 0.6) is 0 Å². The van der Waals surface area contributed by atoms with E-state index in [1.54, 1.807) is 0 Å². The molecule has 0 saturated carbocycles. The largest absolute Gasteiger partial charge is 0.311 e. The van der Waals surface area contributed by atoms with Crippen LogP contribution in [0.25, 0.3) is 83.1 Å². The van der Waals surface area contributed by atoms with Crippen LogP contribution in [0.15, 0.2) is 255 Å². The van der Waals surface area contributed by atoms with E-state index in [0.717, 1.165) is 22.7 Å². The lowest BCUT2D eigenvalue weighted by atomic mass is 9.94. The lowest BCUT2D eigenvalue weighted by Gasteiger charge is -2.26. The van der Waals surface area contributed by atoms with Crippen LogP contribution < -0.4 is 4.90 Å². The highest BCUT2D eigenvalue weighted by Gasteiger charge is 2.23. The van der Waals surface area contributed by atoms with E-state index in [1.807, 2.05) is 0 Å². The molecule has 1 aromatic heterocycles. The molecule has 0 aliphatic heterocycles. The van der Waals surface area contributed by atoms with Gasteiger partial charge in [0.05, 0.1) is 11.2 Å². The topological polar surface area (TPSA) is 8.17 Å². The summed E-state index contributed by atoms with van der Waals surface area (Å²) in [7, 11) is 0. The van der Waals surface area contributed by atoms with Crippen LogP contribution in [0.2, 0.25) is 0 Å². The third kappa shape index (κ3) is 6.74. The predicted octanol–water partition coefficient (Wildman–Crippen LogP) is 16.6. The standard InChI is InChI=1S/C60H42N2/c1-6-17-43(18-7-1)45-29-35-51(36-30-45)61(52-37-31-46(32-38-52)44-19-8-2-9-20-44)53-39-33-47(34-40-53)54-27-16-28-56-55(54)41-42-57-58(48-21-10-3-11-22-48)59(49-23-12-4-13-24-49)62(60(56)57)50-25-14-5-15-26-50/h1-42H. The molecule has 0 unspecified atom stereocenters. The number of hydrogen-bond acceptors (Lipinski definition) is 1. The molecule has 0 atom stereocenters. The molecular weight excluding hydrogens is 749 g/mol. The number of aromatic nitrogens is 1. The van der Waals surface area contributed by atoms with Crippen molar-refractivity contribution in [2.45, 2.75) is 0 Å². The molecule has 0 N–H and O–H groups in total. The van der Waals surface area contributed by atoms with E-state index in [2.05, 4.69) is 264 Å². The van der Waals surface area contributed by atoms with E-state index in [-0.39, 0.29) is 0 Å². The SMILES string of the molecule is c1ccc(-c2ccc(N(c3ccc(-c4ccccc4)cc3)c3ccc(-c4cccc5c4ccc4c(-c6ccccc6)c(-c6ccccc6)n(-c6ccccc6)c45)cc3)cc2)cc1. The Hall–Kier alpha value is -8.20. The number of rotatable bonds is 9. The first-order chi connectivity index (χ1) is 30.8. The smallest absolute Gasteiger partial charge is 0.0620 e. The third-order valence-electron chi connectivity index (χ3n) is 12.0. The maximum Gasteiger partial charge on any atom is 0.0620 e. The molecule has 11 aromatic rings. The minimum atomic E-state index is 1.09. The highest BCUT2D eigenvalue weighted by Crippen LogP contribution is 2.46. The monoisotopic (exact) mass is 790 g/mol. The minimum absolute atomic E-state index is 1.09. The van der Waals surface area contributed by atoms with Crippen molar-refractivity contribution in [2.75, 3.05) is 4.90 Å². The first-order valence-corrected chi connectivity index (χ1v) is 21.3. The van der Waals surface area contributed by atoms with Gasteiger partial charge < -0.3 is 9.47 Å². The Labute approximate surface area is 362 Å². The van der Waals surface area contributed by atoms with Gasteiger partial charge in [0.2, 0.25) is 0 Å². The molecule has 0 saturated heterocycles. The summed E-state index contributed by atoms with van der Waals surface area (Å²) in [4.78, 5) is 2.35. The van der Waals surface area contributed by atoms with E-state index < -0.39 is 0 Å². The van der Waals surface area contributed by atoms with E-state index in [0.29, 0.717) is 0 Å². The highest BCUT2D eigenvalue weighted by molar-refractivity contribution is 6.18. The van der Waals surface area contributed by atoms with Crippen LogP contribution in [0.1, 0.15) is 0 Å². The van der Waals surface area contributed by atoms with Crippen LogP contribution in [0.3, 0.4) is 0 Å². The number of para-hydroxylation sites is 1. The summed E-state index contributed by atoms with van der Waals surface area (Å²) < 4.78 is 2.48.